The van der Waals surface area contributed by atoms with Crippen LogP contribution in [0.15, 0.2) is 24.3 Å². The molecule has 2 heterocycles. The van der Waals surface area contributed by atoms with Gasteiger partial charge in [0, 0.05) is 18.4 Å². The van der Waals surface area contributed by atoms with Crippen molar-refractivity contribution >= 4 is 0 Å². The SMILES string of the molecule is CC1(C(CC2COc3ccccc3O2)OCCO)CCNC1. The molecule has 5 heteroatoms. The van der Waals surface area contributed by atoms with E-state index in [1.807, 2.05) is 24.3 Å². The number of benzene rings is 1. The second-order valence-corrected chi connectivity index (χ2v) is 6.40. The lowest BCUT2D eigenvalue weighted by Crippen LogP contribution is -2.43. The lowest BCUT2D eigenvalue weighted by atomic mass is 9.80. The van der Waals surface area contributed by atoms with E-state index in [9.17, 15) is 0 Å². The van der Waals surface area contributed by atoms with Crippen molar-refractivity contribution in [2.75, 3.05) is 32.9 Å². The van der Waals surface area contributed by atoms with Crippen LogP contribution in [0.1, 0.15) is 19.8 Å². The summed E-state index contributed by atoms with van der Waals surface area (Å²) in [7, 11) is 0. The predicted octanol–water partition coefficient (Wildman–Crippen LogP) is 1.59. The summed E-state index contributed by atoms with van der Waals surface area (Å²) in [5, 5.41) is 12.5. The van der Waals surface area contributed by atoms with E-state index in [1.54, 1.807) is 0 Å². The Morgan fingerprint density at radius 1 is 1.41 bits per heavy atom. The van der Waals surface area contributed by atoms with Crippen molar-refractivity contribution in [3.8, 4) is 11.5 Å². The third-order valence-corrected chi connectivity index (χ3v) is 4.63. The van der Waals surface area contributed by atoms with Crippen molar-refractivity contribution in [2.45, 2.75) is 32.0 Å². The fraction of sp³-hybridized carbons (Fsp3) is 0.647. The zero-order valence-electron chi connectivity index (χ0n) is 13.1. The number of aliphatic hydroxyl groups is 1. The number of para-hydroxylation sites is 2. The van der Waals surface area contributed by atoms with Gasteiger partial charge in [-0.1, -0.05) is 19.1 Å². The van der Waals surface area contributed by atoms with Gasteiger partial charge < -0.3 is 24.6 Å². The Bertz CT molecular complexity index is 487. The Morgan fingerprint density at radius 3 is 2.95 bits per heavy atom. The first-order chi connectivity index (χ1) is 10.7. The lowest BCUT2D eigenvalue weighted by Gasteiger charge is -2.36. The summed E-state index contributed by atoms with van der Waals surface area (Å²) in [5.74, 6) is 1.61. The largest absolute Gasteiger partial charge is 0.486 e. The highest BCUT2D eigenvalue weighted by Crippen LogP contribution is 2.37. The molecule has 3 atom stereocenters. The summed E-state index contributed by atoms with van der Waals surface area (Å²) in [5.41, 5.74) is 0.0789. The van der Waals surface area contributed by atoms with Gasteiger partial charge in [0.05, 0.1) is 19.3 Å². The molecule has 0 saturated carbocycles. The number of rotatable bonds is 6. The number of ether oxygens (including phenoxy) is 3. The van der Waals surface area contributed by atoms with Crippen LogP contribution in [0, 0.1) is 5.41 Å². The number of nitrogens with one attached hydrogen (secondary N) is 1. The summed E-state index contributed by atoms with van der Waals surface area (Å²) in [4.78, 5) is 0. The van der Waals surface area contributed by atoms with Crippen LogP contribution in [0.25, 0.3) is 0 Å². The van der Waals surface area contributed by atoms with Crippen molar-refractivity contribution in [3.05, 3.63) is 24.3 Å². The van der Waals surface area contributed by atoms with Gasteiger partial charge >= 0.3 is 0 Å². The van der Waals surface area contributed by atoms with Gasteiger partial charge in [0.15, 0.2) is 11.5 Å². The molecule has 22 heavy (non-hydrogen) atoms. The molecule has 1 aromatic rings. The van der Waals surface area contributed by atoms with Gasteiger partial charge in [-0.05, 0) is 25.1 Å². The number of fused-ring (bicyclic) bond motifs is 1. The van der Waals surface area contributed by atoms with E-state index in [1.165, 1.54) is 0 Å². The molecule has 2 aliphatic heterocycles. The van der Waals surface area contributed by atoms with Gasteiger partial charge in [-0.3, -0.25) is 0 Å². The first kappa shape index (κ1) is 15.6. The summed E-state index contributed by atoms with van der Waals surface area (Å²) < 4.78 is 17.8. The van der Waals surface area contributed by atoms with Gasteiger partial charge in [0.2, 0.25) is 0 Å². The normalized spacial score (nSPS) is 28.5. The van der Waals surface area contributed by atoms with Crippen LogP contribution < -0.4 is 14.8 Å². The van der Waals surface area contributed by atoms with E-state index < -0.39 is 0 Å². The molecule has 0 aromatic heterocycles. The topological polar surface area (TPSA) is 60.0 Å². The maximum atomic E-state index is 9.08. The molecule has 0 spiro atoms. The molecular formula is C17H25NO4. The van der Waals surface area contributed by atoms with Gasteiger partial charge in [0.1, 0.15) is 12.7 Å². The molecule has 0 bridgehead atoms. The second-order valence-electron chi connectivity index (χ2n) is 6.40. The zero-order valence-corrected chi connectivity index (χ0v) is 13.1. The Morgan fingerprint density at radius 2 is 2.23 bits per heavy atom. The Hall–Kier alpha value is -1.30. The Kier molecular flexibility index (Phi) is 4.86. The fourth-order valence-electron chi connectivity index (χ4n) is 3.28. The molecule has 0 amide bonds. The summed E-state index contributed by atoms with van der Waals surface area (Å²) >= 11 is 0. The Balaban J connectivity index is 1.66. The third kappa shape index (κ3) is 3.37. The van der Waals surface area contributed by atoms with Crippen LogP contribution >= 0.6 is 0 Å². The molecule has 1 saturated heterocycles. The maximum Gasteiger partial charge on any atom is 0.161 e. The monoisotopic (exact) mass is 307 g/mol. The smallest absolute Gasteiger partial charge is 0.161 e. The molecule has 1 aromatic carbocycles. The maximum absolute atomic E-state index is 9.08. The average molecular weight is 307 g/mol. The molecule has 122 valence electrons. The van der Waals surface area contributed by atoms with Crippen LogP contribution in [0.4, 0.5) is 0 Å². The van der Waals surface area contributed by atoms with E-state index in [2.05, 4.69) is 12.2 Å². The molecule has 2 N–H and O–H groups in total. The molecular weight excluding hydrogens is 282 g/mol. The molecule has 0 radical (unpaired) electrons. The molecule has 1 fully saturated rings. The fourth-order valence-corrected chi connectivity index (χ4v) is 3.28. The standard InChI is InChI=1S/C17H25NO4/c1-17(6-7-18-12-17)16(20-9-8-19)10-13-11-21-14-4-2-3-5-15(14)22-13/h2-5,13,16,18-19H,6-12H2,1H3. The summed E-state index contributed by atoms with van der Waals surface area (Å²) in [6, 6.07) is 7.75. The molecule has 0 aliphatic carbocycles. The minimum absolute atomic E-state index is 0.0176. The van der Waals surface area contributed by atoms with Crippen LogP contribution in [0.3, 0.4) is 0 Å². The molecule has 3 unspecified atom stereocenters. The van der Waals surface area contributed by atoms with Crippen molar-refractivity contribution < 1.29 is 19.3 Å². The van der Waals surface area contributed by atoms with Gasteiger partial charge in [-0.25, -0.2) is 0 Å². The Labute approximate surface area is 131 Å². The van der Waals surface area contributed by atoms with E-state index >= 15 is 0 Å². The van der Waals surface area contributed by atoms with Crippen LogP contribution in [-0.2, 0) is 4.74 Å². The summed E-state index contributed by atoms with van der Waals surface area (Å²) in [6.45, 7) is 5.15. The highest BCUT2D eigenvalue weighted by molar-refractivity contribution is 5.40. The molecule has 2 aliphatic rings. The van der Waals surface area contributed by atoms with Crippen LogP contribution in [-0.4, -0.2) is 50.2 Å². The first-order valence-electron chi connectivity index (χ1n) is 8.03. The van der Waals surface area contributed by atoms with E-state index in [0.29, 0.717) is 13.2 Å². The highest BCUT2D eigenvalue weighted by Gasteiger charge is 2.40. The zero-order chi connectivity index (χ0) is 15.4. The third-order valence-electron chi connectivity index (χ3n) is 4.63. The lowest BCUT2D eigenvalue weighted by molar-refractivity contribution is -0.0662. The first-order valence-corrected chi connectivity index (χ1v) is 8.03. The second kappa shape index (κ2) is 6.86. The summed E-state index contributed by atoms with van der Waals surface area (Å²) in [6.07, 6.45) is 1.88. The van der Waals surface area contributed by atoms with Crippen molar-refractivity contribution in [2.24, 2.45) is 5.41 Å². The minimum Gasteiger partial charge on any atom is -0.486 e. The predicted molar refractivity (Wildman–Crippen MR) is 83.4 cm³/mol. The minimum atomic E-state index is -0.0176. The van der Waals surface area contributed by atoms with E-state index in [4.69, 9.17) is 19.3 Å². The van der Waals surface area contributed by atoms with Crippen molar-refractivity contribution in [1.82, 2.24) is 5.32 Å². The van der Waals surface area contributed by atoms with E-state index in [0.717, 1.165) is 37.4 Å². The number of aliphatic hydroxyl groups excluding tert-OH is 1. The van der Waals surface area contributed by atoms with Crippen molar-refractivity contribution in [3.63, 3.8) is 0 Å². The molecule has 3 rings (SSSR count). The number of hydrogen-bond acceptors (Lipinski definition) is 5. The van der Waals surface area contributed by atoms with Crippen LogP contribution in [0.2, 0.25) is 0 Å². The van der Waals surface area contributed by atoms with Gasteiger partial charge in [-0.15, -0.1) is 0 Å². The quantitative estimate of drug-likeness (QED) is 0.836. The van der Waals surface area contributed by atoms with E-state index in [-0.39, 0.29) is 24.2 Å². The van der Waals surface area contributed by atoms with Gasteiger partial charge in [0.25, 0.3) is 0 Å². The van der Waals surface area contributed by atoms with Crippen LogP contribution in [0.5, 0.6) is 11.5 Å². The van der Waals surface area contributed by atoms with Gasteiger partial charge in [-0.2, -0.15) is 0 Å². The van der Waals surface area contributed by atoms with Crippen molar-refractivity contribution in [1.29, 1.82) is 0 Å². The average Bonchev–Trinajstić information content (AvgIpc) is 2.99. The highest BCUT2D eigenvalue weighted by atomic mass is 16.6. The number of hydrogen-bond donors (Lipinski definition) is 2. The molecule has 5 nitrogen and oxygen atoms in total.